The van der Waals surface area contributed by atoms with E-state index in [0.717, 1.165) is 0 Å². The summed E-state index contributed by atoms with van der Waals surface area (Å²) in [4.78, 5) is 15.2. The number of aliphatic hydroxyl groups is 1. The Labute approximate surface area is 132 Å². The lowest BCUT2D eigenvalue weighted by Gasteiger charge is -2.39. The maximum atomic E-state index is 14.0. The molecule has 0 saturated heterocycles. The van der Waals surface area contributed by atoms with Gasteiger partial charge in [-0.1, -0.05) is 31.5 Å². The van der Waals surface area contributed by atoms with Gasteiger partial charge in [0.25, 0.3) is 0 Å². The van der Waals surface area contributed by atoms with Gasteiger partial charge in [0.15, 0.2) is 0 Å². The lowest BCUT2D eigenvalue weighted by Crippen LogP contribution is -2.51. The van der Waals surface area contributed by atoms with Gasteiger partial charge in [-0.25, -0.2) is 9.37 Å². The van der Waals surface area contributed by atoms with E-state index in [1.54, 1.807) is 19.9 Å². The van der Waals surface area contributed by atoms with Crippen molar-refractivity contribution >= 4 is 17.9 Å². The molecule has 1 atom stereocenters. The second-order valence-electron chi connectivity index (χ2n) is 5.88. The predicted molar refractivity (Wildman–Crippen MR) is 79.9 cm³/mol. The fourth-order valence-corrected chi connectivity index (χ4v) is 2.32. The number of carbonyl (C=O) groups is 1. The minimum atomic E-state index is -1.53. The number of nitrogens with zero attached hydrogens (tertiary/aromatic N) is 3. The Bertz CT molecular complexity index is 661. The zero-order valence-corrected chi connectivity index (χ0v) is 13.1. The molecule has 1 unspecified atom stereocenters. The van der Waals surface area contributed by atoms with E-state index in [1.807, 2.05) is 0 Å². The van der Waals surface area contributed by atoms with E-state index >= 15 is 0 Å². The van der Waals surface area contributed by atoms with Crippen molar-refractivity contribution in [3.05, 3.63) is 47.3 Å². The van der Waals surface area contributed by atoms with Crippen LogP contribution in [0.5, 0.6) is 0 Å². The van der Waals surface area contributed by atoms with Gasteiger partial charge in [0, 0.05) is 11.4 Å². The van der Waals surface area contributed by atoms with Gasteiger partial charge in [-0.3, -0.25) is 4.68 Å². The number of aldehydes is 1. The lowest BCUT2D eigenvalue weighted by atomic mass is 9.72. The molecule has 0 aliphatic rings. The third-order valence-corrected chi connectivity index (χ3v) is 4.12. The van der Waals surface area contributed by atoms with Gasteiger partial charge in [0.05, 0.1) is 12.0 Å². The number of carbonyl (C=O) groups excluding carboxylic acids is 1. The Hall–Kier alpha value is -1.79. The molecule has 1 aromatic heterocycles. The number of hydrogen-bond donors (Lipinski definition) is 1. The summed E-state index contributed by atoms with van der Waals surface area (Å²) in [6.07, 6.45) is 3.38. The highest BCUT2D eigenvalue weighted by molar-refractivity contribution is 6.30. The maximum Gasteiger partial charge on any atom is 0.137 e. The van der Waals surface area contributed by atoms with Crippen LogP contribution in [0.3, 0.4) is 0 Å². The van der Waals surface area contributed by atoms with Crippen molar-refractivity contribution in [3.8, 4) is 0 Å². The Balaban J connectivity index is 2.38. The van der Waals surface area contributed by atoms with E-state index < -0.39 is 16.8 Å². The molecule has 0 spiro atoms. The van der Waals surface area contributed by atoms with Gasteiger partial charge in [0.1, 0.15) is 30.4 Å². The van der Waals surface area contributed by atoms with Gasteiger partial charge in [0.2, 0.25) is 0 Å². The molecule has 1 heterocycles. The molecule has 0 radical (unpaired) electrons. The summed E-state index contributed by atoms with van der Waals surface area (Å²) < 4.78 is 15.4. The Morgan fingerprint density at radius 3 is 2.73 bits per heavy atom. The molecule has 0 amide bonds. The third kappa shape index (κ3) is 3.34. The highest BCUT2D eigenvalue weighted by Gasteiger charge is 2.44. The minimum Gasteiger partial charge on any atom is -0.387 e. The van der Waals surface area contributed by atoms with E-state index in [1.165, 1.54) is 29.5 Å². The molecule has 1 N–H and O–H groups in total. The summed E-state index contributed by atoms with van der Waals surface area (Å²) in [5.74, 6) is -0.522. The topological polar surface area (TPSA) is 68.0 Å². The molecular formula is C15H17ClFN3O2. The number of rotatable bonds is 6. The van der Waals surface area contributed by atoms with Crippen LogP contribution in [-0.2, 0) is 17.8 Å². The molecule has 2 rings (SSSR count). The van der Waals surface area contributed by atoms with Crippen molar-refractivity contribution in [1.82, 2.24) is 14.8 Å². The Morgan fingerprint density at radius 1 is 1.45 bits per heavy atom. The highest BCUT2D eigenvalue weighted by Crippen LogP contribution is 2.34. The van der Waals surface area contributed by atoms with Crippen LogP contribution < -0.4 is 0 Å². The standard InChI is InChI=1S/C15H17ClFN3O2/c1-14(2,8-21)15(22,7-20-10-18-9-19-20)6-11-3-4-12(16)5-13(11)17/h3-5,8-10,22H,6-7H2,1-2H3. The van der Waals surface area contributed by atoms with E-state index in [0.29, 0.717) is 6.29 Å². The first-order valence-corrected chi connectivity index (χ1v) is 7.10. The highest BCUT2D eigenvalue weighted by atomic mass is 35.5. The maximum absolute atomic E-state index is 14.0. The predicted octanol–water partition coefficient (Wildman–Crippen LogP) is 2.27. The van der Waals surface area contributed by atoms with Gasteiger partial charge in [-0.05, 0) is 17.7 Å². The van der Waals surface area contributed by atoms with Crippen LogP contribution >= 0.6 is 11.6 Å². The van der Waals surface area contributed by atoms with E-state index in [2.05, 4.69) is 10.1 Å². The van der Waals surface area contributed by atoms with Crippen LogP contribution in [0.15, 0.2) is 30.9 Å². The molecule has 0 fully saturated rings. The zero-order chi connectivity index (χ0) is 16.4. The first-order valence-electron chi connectivity index (χ1n) is 6.72. The average molecular weight is 326 g/mol. The summed E-state index contributed by atoms with van der Waals surface area (Å²) in [5, 5.41) is 15.3. The van der Waals surface area contributed by atoms with E-state index in [-0.39, 0.29) is 23.6 Å². The van der Waals surface area contributed by atoms with Crippen molar-refractivity contribution in [2.24, 2.45) is 5.41 Å². The smallest absolute Gasteiger partial charge is 0.137 e. The molecule has 1 aromatic carbocycles. The number of halogens is 2. The molecule has 0 aliphatic carbocycles. The second kappa shape index (κ2) is 6.14. The molecular weight excluding hydrogens is 309 g/mol. The number of hydrogen-bond acceptors (Lipinski definition) is 4. The lowest BCUT2D eigenvalue weighted by molar-refractivity contribution is -0.134. The van der Waals surface area contributed by atoms with Crippen LogP contribution in [-0.4, -0.2) is 31.8 Å². The minimum absolute atomic E-state index is 0.0147. The molecule has 0 saturated carbocycles. The first kappa shape index (κ1) is 16.6. The molecule has 5 nitrogen and oxygen atoms in total. The molecule has 0 aliphatic heterocycles. The van der Waals surface area contributed by atoms with Crippen molar-refractivity contribution in [3.63, 3.8) is 0 Å². The Kier molecular flexibility index (Phi) is 4.63. The van der Waals surface area contributed by atoms with Crippen molar-refractivity contribution in [2.75, 3.05) is 0 Å². The summed E-state index contributed by atoms with van der Waals surface area (Å²) in [6.45, 7) is 3.22. The van der Waals surface area contributed by atoms with E-state index in [9.17, 15) is 14.3 Å². The fourth-order valence-electron chi connectivity index (χ4n) is 2.16. The summed E-state index contributed by atoms with van der Waals surface area (Å²) >= 11 is 5.74. The van der Waals surface area contributed by atoms with Gasteiger partial charge >= 0.3 is 0 Å². The molecule has 2 aromatic rings. The van der Waals surface area contributed by atoms with Gasteiger partial charge < -0.3 is 9.90 Å². The van der Waals surface area contributed by atoms with Crippen LogP contribution in [0, 0.1) is 11.2 Å². The van der Waals surface area contributed by atoms with Gasteiger partial charge in [-0.15, -0.1) is 0 Å². The molecule has 7 heteroatoms. The normalized spacial score (nSPS) is 14.6. The van der Waals surface area contributed by atoms with E-state index in [4.69, 9.17) is 11.6 Å². The largest absolute Gasteiger partial charge is 0.387 e. The third-order valence-electron chi connectivity index (χ3n) is 3.88. The quantitative estimate of drug-likeness (QED) is 0.827. The van der Waals surface area contributed by atoms with Crippen LogP contribution in [0.2, 0.25) is 5.02 Å². The van der Waals surface area contributed by atoms with Crippen LogP contribution in [0.1, 0.15) is 19.4 Å². The average Bonchev–Trinajstić information content (AvgIpc) is 2.94. The SMILES string of the molecule is CC(C)(C=O)C(O)(Cc1ccc(Cl)cc1F)Cn1cncn1. The summed E-state index contributed by atoms with van der Waals surface area (Å²) in [7, 11) is 0. The van der Waals surface area contributed by atoms with Crippen molar-refractivity contribution in [2.45, 2.75) is 32.4 Å². The van der Waals surface area contributed by atoms with Crippen LogP contribution in [0.25, 0.3) is 0 Å². The van der Waals surface area contributed by atoms with Crippen molar-refractivity contribution < 1.29 is 14.3 Å². The second-order valence-corrected chi connectivity index (χ2v) is 6.31. The summed E-state index contributed by atoms with van der Waals surface area (Å²) in [5.41, 5.74) is -2.36. The first-order chi connectivity index (χ1) is 10.3. The molecule has 22 heavy (non-hydrogen) atoms. The molecule has 0 bridgehead atoms. The van der Waals surface area contributed by atoms with Crippen LogP contribution in [0.4, 0.5) is 4.39 Å². The fraction of sp³-hybridized carbons (Fsp3) is 0.400. The monoisotopic (exact) mass is 325 g/mol. The van der Waals surface area contributed by atoms with Crippen molar-refractivity contribution in [1.29, 1.82) is 0 Å². The number of benzene rings is 1. The summed E-state index contributed by atoms with van der Waals surface area (Å²) in [6, 6.07) is 4.23. The zero-order valence-electron chi connectivity index (χ0n) is 12.3. The Morgan fingerprint density at radius 2 is 2.18 bits per heavy atom. The van der Waals surface area contributed by atoms with Gasteiger partial charge in [-0.2, -0.15) is 5.10 Å². The number of aromatic nitrogens is 3. The molecule has 118 valence electrons.